The Hall–Kier alpha value is -0.130. The summed E-state index contributed by atoms with van der Waals surface area (Å²) in [6, 6.07) is 0. The van der Waals surface area contributed by atoms with E-state index >= 15 is 0 Å². The van der Waals surface area contributed by atoms with Gasteiger partial charge < -0.3 is 5.11 Å². The monoisotopic (exact) mass is 179 g/mol. The highest BCUT2D eigenvalue weighted by Gasteiger charge is 2.41. The normalized spacial score (nSPS) is 21.6. The van der Waals surface area contributed by atoms with Crippen molar-refractivity contribution in [3.63, 3.8) is 0 Å². The van der Waals surface area contributed by atoms with Gasteiger partial charge in [0.1, 0.15) is 0 Å². The molecular weight excluding hydrogens is 166 g/mol. The van der Waals surface area contributed by atoms with E-state index in [1.54, 1.807) is 0 Å². The molecule has 0 aromatic rings. The van der Waals surface area contributed by atoms with Crippen LogP contribution < -0.4 is 5.14 Å². The summed E-state index contributed by atoms with van der Waals surface area (Å²) in [6.45, 7) is 0.0858. The summed E-state index contributed by atoms with van der Waals surface area (Å²) in [7, 11) is -3.34. The molecule has 0 amide bonds. The van der Waals surface area contributed by atoms with Gasteiger partial charge in [-0.05, 0) is 24.7 Å². The van der Waals surface area contributed by atoms with Gasteiger partial charge in [0.2, 0.25) is 10.0 Å². The third-order valence-corrected chi connectivity index (χ3v) is 2.98. The Balaban J connectivity index is 2.33. The minimum Gasteiger partial charge on any atom is -0.396 e. The number of aliphatic hydroxyl groups is 1. The molecule has 0 unspecified atom stereocenters. The van der Waals surface area contributed by atoms with E-state index in [-0.39, 0.29) is 17.8 Å². The van der Waals surface area contributed by atoms with Gasteiger partial charge in [-0.3, -0.25) is 0 Å². The maximum absolute atomic E-state index is 10.5. The maximum Gasteiger partial charge on any atom is 0.209 e. The molecule has 0 saturated heterocycles. The first-order valence-electron chi connectivity index (χ1n) is 3.59. The van der Waals surface area contributed by atoms with Crippen molar-refractivity contribution < 1.29 is 13.5 Å². The van der Waals surface area contributed by atoms with Gasteiger partial charge in [-0.1, -0.05) is 0 Å². The van der Waals surface area contributed by atoms with Crippen LogP contribution in [0, 0.1) is 5.41 Å². The predicted octanol–water partition coefficient (Wildman–Crippen LogP) is -0.562. The zero-order chi connectivity index (χ0) is 8.54. The number of sulfonamides is 1. The molecule has 0 atom stereocenters. The van der Waals surface area contributed by atoms with Crippen molar-refractivity contribution in [2.24, 2.45) is 10.6 Å². The fourth-order valence-electron chi connectivity index (χ4n) is 1.02. The summed E-state index contributed by atoms with van der Waals surface area (Å²) in [6.07, 6.45) is 2.36. The Bertz CT molecular complexity index is 230. The Morgan fingerprint density at radius 3 is 2.27 bits per heavy atom. The van der Waals surface area contributed by atoms with Crippen LogP contribution in [0.2, 0.25) is 0 Å². The molecule has 0 heterocycles. The molecule has 1 aliphatic rings. The van der Waals surface area contributed by atoms with Crippen molar-refractivity contribution >= 4 is 10.0 Å². The molecule has 0 aromatic heterocycles. The molecule has 11 heavy (non-hydrogen) atoms. The summed E-state index contributed by atoms with van der Waals surface area (Å²) in [4.78, 5) is 0. The number of hydrogen-bond donors (Lipinski definition) is 2. The van der Waals surface area contributed by atoms with Crippen LogP contribution in [0.3, 0.4) is 0 Å². The minimum atomic E-state index is -3.34. The van der Waals surface area contributed by atoms with Crippen molar-refractivity contribution in [3.05, 3.63) is 0 Å². The molecule has 1 rings (SSSR count). The molecule has 5 heteroatoms. The van der Waals surface area contributed by atoms with Gasteiger partial charge in [0.25, 0.3) is 0 Å². The van der Waals surface area contributed by atoms with Crippen molar-refractivity contribution in [1.29, 1.82) is 0 Å². The fraction of sp³-hybridized carbons (Fsp3) is 1.00. The molecule has 0 bridgehead atoms. The lowest BCUT2D eigenvalue weighted by Gasteiger charge is -2.08. The average molecular weight is 179 g/mol. The van der Waals surface area contributed by atoms with Crippen LogP contribution in [0.1, 0.15) is 19.3 Å². The second-order valence-corrected chi connectivity index (χ2v) is 5.01. The zero-order valence-electron chi connectivity index (χ0n) is 6.28. The number of hydrogen-bond acceptors (Lipinski definition) is 3. The lowest BCUT2D eigenvalue weighted by Crippen LogP contribution is -2.20. The van der Waals surface area contributed by atoms with Gasteiger partial charge in [-0.25, -0.2) is 13.6 Å². The maximum atomic E-state index is 10.5. The van der Waals surface area contributed by atoms with Gasteiger partial charge >= 0.3 is 0 Å². The largest absolute Gasteiger partial charge is 0.396 e. The molecule has 4 nitrogen and oxygen atoms in total. The van der Waals surface area contributed by atoms with E-state index in [4.69, 9.17) is 10.2 Å². The SMILES string of the molecule is NS(=O)(=O)CCC1(CO)CC1. The van der Waals surface area contributed by atoms with E-state index in [2.05, 4.69) is 0 Å². The molecule has 66 valence electrons. The predicted molar refractivity (Wildman–Crippen MR) is 41.3 cm³/mol. The van der Waals surface area contributed by atoms with E-state index in [1.165, 1.54) is 0 Å². The molecule has 3 N–H and O–H groups in total. The van der Waals surface area contributed by atoms with E-state index in [0.29, 0.717) is 6.42 Å². The zero-order valence-corrected chi connectivity index (χ0v) is 7.10. The minimum absolute atomic E-state index is 0.00639. The Morgan fingerprint density at radius 2 is 2.00 bits per heavy atom. The van der Waals surface area contributed by atoms with E-state index < -0.39 is 10.0 Å². The molecule has 0 spiro atoms. The second-order valence-electron chi connectivity index (χ2n) is 3.28. The smallest absolute Gasteiger partial charge is 0.209 e. The topological polar surface area (TPSA) is 80.4 Å². The van der Waals surface area contributed by atoms with E-state index in [0.717, 1.165) is 12.8 Å². The lowest BCUT2D eigenvalue weighted by molar-refractivity contribution is 0.208. The first-order chi connectivity index (χ1) is 4.97. The van der Waals surface area contributed by atoms with Crippen LogP contribution in [-0.4, -0.2) is 25.9 Å². The molecule has 0 aliphatic heterocycles. The first-order valence-corrected chi connectivity index (χ1v) is 5.30. The van der Waals surface area contributed by atoms with Crippen LogP contribution in [0.15, 0.2) is 0 Å². The molecule has 1 aliphatic carbocycles. The average Bonchev–Trinajstić information content (AvgIpc) is 2.63. The van der Waals surface area contributed by atoms with Crippen molar-refractivity contribution in [2.75, 3.05) is 12.4 Å². The summed E-state index contributed by atoms with van der Waals surface area (Å²) in [5, 5.41) is 13.6. The van der Waals surface area contributed by atoms with Crippen molar-refractivity contribution in [3.8, 4) is 0 Å². The first kappa shape index (κ1) is 8.96. The molecular formula is C6H13NO3S. The highest BCUT2D eigenvalue weighted by molar-refractivity contribution is 7.89. The summed E-state index contributed by atoms with van der Waals surface area (Å²) >= 11 is 0. The second kappa shape index (κ2) is 2.73. The van der Waals surface area contributed by atoms with Crippen molar-refractivity contribution in [1.82, 2.24) is 0 Å². The van der Waals surface area contributed by atoms with E-state index in [9.17, 15) is 8.42 Å². The quantitative estimate of drug-likeness (QED) is 0.607. The highest BCUT2D eigenvalue weighted by Crippen LogP contribution is 2.48. The molecule has 0 aromatic carbocycles. The molecule has 1 saturated carbocycles. The van der Waals surface area contributed by atoms with Gasteiger partial charge in [-0.15, -0.1) is 0 Å². The summed E-state index contributed by atoms with van der Waals surface area (Å²) < 4.78 is 21.0. The fourth-order valence-corrected chi connectivity index (χ4v) is 1.74. The number of primary sulfonamides is 1. The standard InChI is InChI=1S/C6H13NO3S/c7-11(9,10)4-3-6(5-8)1-2-6/h8H,1-5H2,(H2,7,9,10). The van der Waals surface area contributed by atoms with Gasteiger partial charge in [0.15, 0.2) is 0 Å². The van der Waals surface area contributed by atoms with Gasteiger partial charge in [0, 0.05) is 6.61 Å². The van der Waals surface area contributed by atoms with Crippen LogP contribution >= 0.6 is 0 Å². The van der Waals surface area contributed by atoms with Crippen LogP contribution in [0.4, 0.5) is 0 Å². The third-order valence-electron chi connectivity index (χ3n) is 2.21. The highest BCUT2D eigenvalue weighted by atomic mass is 32.2. The van der Waals surface area contributed by atoms with E-state index in [1.807, 2.05) is 0 Å². The number of rotatable bonds is 4. The Kier molecular flexibility index (Phi) is 2.22. The third kappa shape index (κ3) is 2.76. The van der Waals surface area contributed by atoms with Crippen molar-refractivity contribution in [2.45, 2.75) is 19.3 Å². The lowest BCUT2D eigenvalue weighted by atomic mass is 10.1. The van der Waals surface area contributed by atoms with Crippen LogP contribution in [0.25, 0.3) is 0 Å². The molecule has 1 fully saturated rings. The molecule has 0 radical (unpaired) electrons. The van der Waals surface area contributed by atoms with Crippen LogP contribution in [-0.2, 0) is 10.0 Å². The van der Waals surface area contributed by atoms with Gasteiger partial charge in [-0.2, -0.15) is 0 Å². The summed E-state index contributed by atoms with van der Waals surface area (Å²) in [5.74, 6) is -0.00639. The summed E-state index contributed by atoms with van der Waals surface area (Å²) in [5.41, 5.74) is -0.105. The van der Waals surface area contributed by atoms with Gasteiger partial charge in [0.05, 0.1) is 5.75 Å². The van der Waals surface area contributed by atoms with Crippen LogP contribution in [0.5, 0.6) is 0 Å². The Labute approximate surface area is 66.5 Å². The Morgan fingerprint density at radius 1 is 1.45 bits per heavy atom. The number of aliphatic hydroxyl groups excluding tert-OH is 1. The number of nitrogens with two attached hydrogens (primary N) is 1.